The van der Waals surface area contributed by atoms with Gasteiger partial charge in [-0.25, -0.2) is 0 Å². The molecule has 2 aliphatic heterocycles. The van der Waals surface area contributed by atoms with Gasteiger partial charge in [-0.1, -0.05) is 24.3 Å². The van der Waals surface area contributed by atoms with Gasteiger partial charge < -0.3 is 19.9 Å². The number of piperazine rings is 1. The van der Waals surface area contributed by atoms with Crippen LogP contribution in [0.1, 0.15) is 24.0 Å². The Morgan fingerprint density at radius 2 is 1.90 bits per heavy atom. The van der Waals surface area contributed by atoms with Gasteiger partial charge in [-0.15, -0.1) is 24.0 Å². The van der Waals surface area contributed by atoms with E-state index in [1.807, 2.05) is 28.9 Å². The maximum atomic E-state index is 12.6. The van der Waals surface area contributed by atoms with Gasteiger partial charge in [0.15, 0.2) is 5.96 Å². The minimum absolute atomic E-state index is 0. The van der Waals surface area contributed by atoms with Crippen LogP contribution < -0.4 is 5.32 Å². The molecule has 4 rings (SSSR count). The van der Waals surface area contributed by atoms with Crippen molar-refractivity contribution in [3.63, 3.8) is 0 Å². The number of amides is 1. The molecule has 0 saturated carbocycles. The SMILES string of the molecule is CN=C(NCc1ccccc1Cn1cccn1)N1CCN(C(=O)C2CCCO2)CC1.I. The molecule has 9 heteroatoms. The van der Waals surface area contributed by atoms with Crippen molar-refractivity contribution in [1.82, 2.24) is 24.9 Å². The highest BCUT2D eigenvalue weighted by molar-refractivity contribution is 14.0. The predicted molar refractivity (Wildman–Crippen MR) is 131 cm³/mol. The van der Waals surface area contributed by atoms with Crippen LogP contribution >= 0.6 is 24.0 Å². The Hall–Kier alpha value is -2.14. The number of benzene rings is 1. The summed E-state index contributed by atoms with van der Waals surface area (Å²) in [5.74, 6) is 1.01. The number of hydrogen-bond donors (Lipinski definition) is 1. The van der Waals surface area contributed by atoms with Gasteiger partial charge in [-0.2, -0.15) is 5.10 Å². The van der Waals surface area contributed by atoms with Gasteiger partial charge in [0.25, 0.3) is 5.91 Å². The minimum Gasteiger partial charge on any atom is -0.368 e. The van der Waals surface area contributed by atoms with Gasteiger partial charge in [0.2, 0.25) is 0 Å². The summed E-state index contributed by atoms with van der Waals surface area (Å²) >= 11 is 0. The molecule has 1 aromatic carbocycles. The first-order valence-corrected chi connectivity index (χ1v) is 10.6. The molecular weight excluding hydrogens is 507 g/mol. The Morgan fingerprint density at radius 3 is 2.55 bits per heavy atom. The Labute approximate surface area is 200 Å². The van der Waals surface area contributed by atoms with Crippen molar-refractivity contribution in [3.8, 4) is 0 Å². The second-order valence-corrected chi connectivity index (χ2v) is 7.69. The third kappa shape index (κ3) is 5.97. The zero-order valence-corrected chi connectivity index (χ0v) is 20.3. The van der Waals surface area contributed by atoms with Crippen LogP contribution in [-0.2, 0) is 22.6 Å². The number of hydrogen-bond acceptors (Lipinski definition) is 4. The normalized spacial score (nSPS) is 19.3. The number of guanidine groups is 1. The Balaban J connectivity index is 0.00000272. The summed E-state index contributed by atoms with van der Waals surface area (Å²) in [6, 6.07) is 10.3. The summed E-state index contributed by atoms with van der Waals surface area (Å²) < 4.78 is 7.48. The lowest BCUT2D eigenvalue weighted by atomic mass is 10.1. The summed E-state index contributed by atoms with van der Waals surface area (Å²) in [6.45, 7) is 5.09. The lowest BCUT2D eigenvalue weighted by molar-refractivity contribution is -0.142. The molecule has 1 atom stereocenters. The molecule has 1 unspecified atom stereocenters. The molecule has 2 aromatic rings. The van der Waals surface area contributed by atoms with Gasteiger partial charge in [0.1, 0.15) is 6.10 Å². The smallest absolute Gasteiger partial charge is 0.251 e. The number of ether oxygens (including phenoxy) is 1. The van der Waals surface area contributed by atoms with Crippen LogP contribution in [0.2, 0.25) is 0 Å². The first kappa shape index (κ1) is 23.5. The van der Waals surface area contributed by atoms with E-state index in [-0.39, 0.29) is 36.0 Å². The zero-order chi connectivity index (χ0) is 20.8. The second kappa shape index (κ2) is 11.5. The van der Waals surface area contributed by atoms with E-state index in [1.54, 1.807) is 6.20 Å². The number of carbonyl (C=O) groups excluding carboxylic acids is 1. The van der Waals surface area contributed by atoms with Crippen LogP contribution in [0.25, 0.3) is 0 Å². The van der Waals surface area contributed by atoms with Crippen LogP contribution in [-0.4, -0.2) is 77.4 Å². The number of rotatable bonds is 5. The maximum absolute atomic E-state index is 12.6. The first-order valence-electron chi connectivity index (χ1n) is 10.6. The monoisotopic (exact) mass is 538 g/mol. The standard InChI is InChI=1S/C22H30N6O2.HI/c1-23-22(27-13-11-26(12-14-27)21(29)20-8-4-15-30-20)24-16-18-6-2-3-7-19(18)17-28-10-5-9-25-28;/h2-3,5-7,9-10,20H,4,8,11-17H2,1H3,(H,23,24);1H. The lowest BCUT2D eigenvalue weighted by Crippen LogP contribution is -2.55. The van der Waals surface area contributed by atoms with E-state index in [9.17, 15) is 4.79 Å². The van der Waals surface area contributed by atoms with Crippen molar-refractivity contribution >= 4 is 35.8 Å². The van der Waals surface area contributed by atoms with Crippen molar-refractivity contribution in [2.45, 2.75) is 32.0 Å². The molecule has 8 nitrogen and oxygen atoms in total. The number of nitrogens with one attached hydrogen (secondary N) is 1. The van der Waals surface area contributed by atoms with Crippen molar-refractivity contribution in [1.29, 1.82) is 0 Å². The summed E-state index contributed by atoms with van der Waals surface area (Å²) in [6.07, 6.45) is 5.36. The maximum Gasteiger partial charge on any atom is 0.251 e. The molecule has 3 heterocycles. The van der Waals surface area contributed by atoms with Crippen molar-refractivity contribution in [3.05, 3.63) is 53.9 Å². The largest absolute Gasteiger partial charge is 0.368 e. The molecule has 2 saturated heterocycles. The van der Waals surface area contributed by atoms with Crippen LogP contribution in [0.15, 0.2) is 47.7 Å². The Kier molecular flexibility index (Phi) is 8.70. The summed E-state index contributed by atoms with van der Waals surface area (Å²) in [5, 5.41) is 7.80. The lowest BCUT2D eigenvalue weighted by Gasteiger charge is -2.37. The second-order valence-electron chi connectivity index (χ2n) is 7.69. The van der Waals surface area contributed by atoms with Gasteiger partial charge in [0, 0.05) is 58.8 Å². The molecule has 168 valence electrons. The van der Waals surface area contributed by atoms with Crippen molar-refractivity contribution in [2.75, 3.05) is 39.8 Å². The molecule has 2 fully saturated rings. The Morgan fingerprint density at radius 1 is 1.16 bits per heavy atom. The molecule has 0 aliphatic carbocycles. The average Bonchev–Trinajstić information content (AvgIpc) is 3.50. The topological polar surface area (TPSA) is 75.0 Å². The van der Waals surface area contributed by atoms with Gasteiger partial charge in [-0.05, 0) is 30.0 Å². The van der Waals surface area contributed by atoms with E-state index in [2.05, 4.69) is 44.6 Å². The third-order valence-electron chi connectivity index (χ3n) is 5.75. The van der Waals surface area contributed by atoms with E-state index >= 15 is 0 Å². The fraction of sp³-hybridized carbons (Fsp3) is 0.500. The van der Waals surface area contributed by atoms with E-state index in [1.165, 1.54) is 11.1 Å². The van der Waals surface area contributed by atoms with E-state index < -0.39 is 0 Å². The van der Waals surface area contributed by atoms with Gasteiger partial charge in [0.05, 0.1) is 6.54 Å². The van der Waals surface area contributed by atoms with Crippen LogP contribution in [0, 0.1) is 0 Å². The summed E-state index contributed by atoms with van der Waals surface area (Å²) in [7, 11) is 1.81. The number of aliphatic imine (C=N–C) groups is 1. The minimum atomic E-state index is -0.236. The summed E-state index contributed by atoms with van der Waals surface area (Å²) in [4.78, 5) is 21.2. The molecule has 1 aromatic heterocycles. The first-order chi connectivity index (χ1) is 14.7. The van der Waals surface area contributed by atoms with E-state index in [0.717, 1.165) is 38.4 Å². The van der Waals surface area contributed by atoms with E-state index in [0.29, 0.717) is 26.2 Å². The van der Waals surface area contributed by atoms with Crippen LogP contribution in [0.4, 0.5) is 0 Å². The fourth-order valence-electron chi connectivity index (χ4n) is 4.07. The average molecular weight is 538 g/mol. The van der Waals surface area contributed by atoms with Crippen molar-refractivity contribution in [2.24, 2.45) is 4.99 Å². The molecule has 0 radical (unpaired) electrons. The molecule has 0 bridgehead atoms. The number of halogens is 1. The third-order valence-corrected chi connectivity index (χ3v) is 5.75. The molecule has 2 aliphatic rings. The zero-order valence-electron chi connectivity index (χ0n) is 17.9. The summed E-state index contributed by atoms with van der Waals surface area (Å²) in [5.41, 5.74) is 2.46. The van der Waals surface area contributed by atoms with Gasteiger partial charge in [-0.3, -0.25) is 14.5 Å². The number of aromatic nitrogens is 2. The van der Waals surface area contributed by atoms with Crippen LogP contribution in [0.5, 0.6) is 0 Å². The molecule has 31 heavy (non-hydrogen) atoms. The quantitative estimate of drug-likeness (QED) is 0.358. The fourth-order valence-corrected chi connectivity index (χ4v) is 4.07. The molecule has 0 spiro atoms. The van der Waals surface area contributed by atoms with Gasteiger partial charge >= 0.3 is 0 Å². The number of nitrogens with zero attached hydrogens (tertiary/aromatic N) is 5. The molecule has 1 N–H and O–H groups in total. The predicted octanol–water partition coefficient (Wildman–Crippen LogP) is 1.95. The molecular formula is C22H31IN6O2. The van der Waals surface area contributed by atoms with E-state index in [4.69, 9.17) is 4.74 Å². The highest BCUT2D eigenvalue weighted by Crippen LogP contribution is 2.16. The molecule has 1 amide bonds. The highest BCUT2D eigenvalue weighted by Gasteiger charge is 2.30. The van der Waals surface area contributed by atoms with Crippen molar-refractivity contribution < 1.29 is 9.53 Å². The highest BCUT2D eigenvalue weighted by atomic mass is 127. The number of carbonyl (C=O) groups is 1. The van der Waals surface area contributed by atoms with Crippen LogP contribution in [0.3, 0.4) is 0 Å². The Bertz CT molecular complexity index is 859.